The largest absolute Gasteiger partial charge is 0.269 e. The van der Waals surface area contributed by atoms with E-state index in [1.807, 2.05) is 17.5 Å². The molecular formula is C13H8N2O2S. The number of hydrogen-bond acceptors (Lipinski definition) is 4. The first kappa shape index (κ1) is 12.0. The monoisotopic (exact) mass is 256 g/mol. The number of thiophene rings is 1. The van der Waals surface area contributed by atoms with Crippen molar-refractivity contribution in [2.45, 2.75) is 0 Å². The van der Waals surface area contributed by atoms with Crippen LogP contribution < -0.4 is 0 Å². The van der Waals surface area contributed by atoms with Crippen molar-refractivity contribution in [2.24, 2.45) is 0 Å². The van der Waals surface area contributed by atoms with Gasteiger partial charge in [-0.2, -0.15) is 5.26 Å². The van der Waals surface area contributed by atoms with Gasteiger partial charge in [0.2, 0.25) is 0 Å². The second-order valence-electron chi connectivity index (χ2n) is 3.49. The van der Waals surface area contributed by atoms with Gasteiger partial charge in [0, 0.05) is 17.0 Å². The number of non-ortho nitro benzene ring substituents is 1. The van der Waals surface area contributed by atoms with Crippen molar-refractivity contribution >= 4 is 28.7 Å². The lowest BCUT2D eigenvalue weighted by atomic mass is 10.1. The molecule has 0 aliphatic carbocycles. The van der Waals surface area contributed by atoms with Crippen LogP contribution in [0.3, 0.4) is 0 Å². The summed E-state index contributed by atoms with van der Waals surface area (Å²) in [6.45, 7) is 0. The van der Waals surface area contributed by atoms with E-state index in [0.717, 1.165) is 4.88 Å². The van der Waals surface area contributed by atoms with Crippen LogP contribution in [0.5, 0.6) is 0 Å². The van der Waals surface area contributed by atoms with Gasteiger partial charge in [-0.25, -0.2) is 0 Å². The molecule has 2 aromatic rings. The predicted octanol–water partition coefficient (Wildman–Crippen LogP) is 3.72. The Bertz CT molecular complexity index is 622. The lowest BCUT2D eigenvalue weighted by Gasteiger charge is -1.98. The molecule has 0 saturated heterocycles. The highest BCUT2D eigenvalue weighted by Crippen LogP contribution is 2.22. The predicted molar refractivity (Wildman–Crippen MR) is 70.9 cm³/mol. The first-order chi connectivity index (χ1) is 8.70. The van der Waals surface area contributed by atoms with Gasteiger partial charge in [0.05, 0.1) is 16.6 Å². The van der Waals surface area contributed by atoms with Crippen LogP contribution in [-0.2, 0) is 0 Å². The molecule has 88 valence electrons. The Balaban J connectivity index is 2.35. The zero-order valence-electron chi connectivity index (χ0n) is 9.24. The van der Waals surface area contributed by atoms with E-state index in [9.17, 15) is 10.1 Å². The second-order valence-corrected chi connectivity index (χ2v) is 4.47. The summed E-state index contributed by atoms with van der Waals surface area (Å²) in [5.74, 6) is 0. The molecule has 0 aliphatic heterocycles. The Morgan fingerprint density at radius 3 is 2.56 bits per heavy atom. The van der Waals surface area contributed by atoms with Crippen LogP contribution in [0.15, 0.2) is 41.8 Å². The molecule has 0 bridgehead atoms. The maximum absolute atomic E-state index is 10.5. The molecule has 0 N–H and O–H groups in total. The number of nitriles is 1. The molecular weight excluding hydrogens is 248 g/mol. The molecule has 0 unspecified atom stereocenters. The molecule has 0 radical (unpaired) electrons. The van der Waals surface area contributed by atoms with Crippen LogP contribution in [-0.4, -0.2) is 4.92 Å². The third-order valence-electron chi connectivity index (χ3n) is 2.34. The van der Waals surface area contributed by atoms with Crippen LogP contribution in [0.1, 0.15) is 10.4 Å². The van der Waals surface area contributed by atoms with Crippen LogP contribution >= 0.6 is 11.3 Å². The van der Waals surface area contributed by atoms with Gasteiger partial charge >= 0.3 is 0 Å². The number of hydrogen-bond donors (Lipinski definition) is 0. The summed E-state index contributed by atoms with van der Waals surface area (Å²) in [6.07, 6.45) is 1.77. The Labute approximate surface area is 108 Å². The number of nitro groups is 1. The fourth-order valence-electron chi connectivity index (χ4n) is 1.46. The highest BCUT2D eigenvalue weighted by molar-refractivity contribution is 7.10. The van der Waals surface area contributed by atoms with E-state index in [4.69, 9.17) is 5.26 Å². The molecule has 5 heteroatoms. The van der Waals surface area contributed by atoms with E-state index in [2.05, 4.69) is 6.07 Å². The quantitative estimate of drug-likeness (QED) is 0.477. The first-order valence-electron chi connectivity index (χ1n) is 5.11. The molecule has 1 heterocycles. The normalized spacial score (nSPS) is 10.9. The van der Waals surface area contributed by atoms with Crippen molar-refractivity contribution in [1.29, 1.82) is 5.26 Å². The summed E-state index contributed by atoms with van der Waals surface area (Å²) in [4.78, 5) is 11.1. The summed E-state index contributed by atoms with van der Waals surface area (Å²) >= 11 is 1.53. The van der Waals surface area contributed by atoms with E-state index in [1.54, 1.807) is 18.2 Å². The zero-order chi connectivity index (χ0) is 13.0. The average molecular weight is 256 g/mol. The maximum Gasteiger partial charge on any atom is 0.269 e. The Morgan fingerprint density at radius 1 is 1.33 bits per heavy atom. The van der Waals surface area contributed by atoms with Crippen molar-refractivity contribution in [2.75, 3.05) is 0 Å². The Morgan fingerprint density at radius 2 is 2.06 bits per heavy atom. The second kappa shape index (κ2) is 5.25. The summed E-state index contributed by atoms with van der Waals surface area (Å²) in [5, 5.41) is 21.6. The number of benzene rings is 1. The zero-order valence-corrected chi connectivity index (χ0v) is 10.1. The lowest BCUT2D eigenvalue weighted by Crippen LogP contribution is -1.88. The maximum atomic E-state index is 10.5. The van der Waals surface area contributed by atoms with Gasteiger partial charge in [-0.1, -0.05) is 6.07 Å². The molecule has 0 amide bonds. The minimum atomic E-state index is -0.460. The van der Waals surface area contributed by atoms with Gasteiger partial charge in [0.15, 0.2) is 0 Å². The SMILES string of the molecule is N#C/C(=C/c1cccs1)c1ccc([N+](=O)[O-])cc1. The highest BCUT2D eigenvalue weighted by atomic mass is 32.1. The van der Waals surface area contributed by atoms with Gasteiger partial charge in [-0.05, 0) is 35.2 Å². The summed E-state index contributed by atoms with van der Waals surface area (Å²) < 4.78 is 0. The third-order valence-corrected chi connectivity index (χ3v) is 3.16. The van der Waals surface area contributed by atoms with E-state index in [0.29, 0.717) is 11.1 Å². The summed E-state index contributed by atoms with van der Waals surface area (Å²) in [7, 11) is 0. The first-order valence-corrected chi connectivity index (χ1v) is 5.99. The molecule has 0 fully saturated rings. The molecule has 1 aromatic carbocycles. The van der Waals surface area contributed by atoms with Crippen LogP contribution in [0.4, 0.5) is 5.69 Å². The number of nitro benzene ring substituents is 1. The minimum absolute atomic E-state index is 0.0205. The topological polar surface area (TPSA) is 66.9 Å². The molecule has 0 atom stereocenters. The molecule has 18 heavy (non-hydrogen) atoms. The highest BCUT2D eigenvalue weighted by Gasteiger charge is 2.06. The fourth-order valence-corrected chi connectivity index (χ4v) is 2.12. The van der Waals surface area contributed by atoms with E-state index >= 15 is 0 Å². The average Bonchev–Trinajstić information content (AvgIpc) is 2.89. The number of nitrogens with zero attached hydrogens (tertiary/aromatic N) is 2. The smallest absolute Gasteiger partial charge is 0.258 e. The third kappa shape index (κ3) is 2.62. The summed E-state index contributed by atoms with van der Waals surface area (Å²) in [6, 6.07) is 11.9. The molecule has 0 spiro atoms. The molecule has 0 aliphatic rings. The van der Waals surface area contributed by atoms with Crippen molar-refractivity contribution in [3.05, 3.63) is 62.3 Å². The molecule has 1 aromatic heterocycles. The number of rotatable bonds is 3. The van der Waals surface area contributed by atoms with Gasteiger partial charge < -0.3 is 0 Å². The lowest BCUT2D eigenvalue weighted by molar-refractivity contribution is -0.384. The minimum Gasteiger partial charge on any atom is -0.258 e. The summed E-state index contributed by atoms with van der Waals surface area (Å²) in [5.41, 5.74) is 1.19. The van der Waals surface area contributed by atoms with E-state index in [-0.39, 0.29) is 5.69 Å². The van der Waals surface area contributed by atoms with Crippen LogP contribution in [0.2, 0.25) is 0 Å². The van der Waals surface area contributed by atoms with Crippen LogP contribution in [0, 0.1) is 21.4 Å². The molecule has 0 saturated carbocycles. The van der Waals surface area contributed by atoms with Crippen molar-refractivity contribution in [1.82, 2.24) is 0 Å². The van der Waals surface area contributed by atoms with Gasteiger partial charge in [-0.15, -0.1) is 11.3 Å². The molecule has 4 nitrogen and oxygen atoms in total. The van der Waals surface area contributed by atoms with E-state index < -0.39 is 4.92 Å². The van der Waals surface area contributed by atoms with Crippen molar-refractivity contribution in [3.63, 3.8) is 0 Å². The van der Waals surface area contributed by atoms with Gasteiger partial charge in [-0.3, -0.25) is 10.1 Å². The van der Waals surface area contributed by atoms with Crippen LogP contribution in [0.25, 0.3) is 11.6 Å². The van der Waals surface area contributed by atoms with Crippen molar-refractivity contribution < 1.29 is 4.92 Å². The van der Waals surface area contributed by atoms with Crippen molar-refractivity contribution in [3.8, 4) is 6.07 Å². The van der Waals surface area contributed by atoms with Gasteiger partial charge in [0.1, 0.15) is 0 Å². The fraction of sp³-hybridized carbons (Fsp3) is 0. The Kier molecular flexibility index (Phi) is 3.51. The van der Waals surface area contributed by atoms with Gasteiger partial charge in [0.25, 0.3) is 5.69 Å². The molecule has 2 rings (SSSR count). The van der Waals surface area contributed by atoms with E-state index in [1.165, 1.54) is 23.5 Å². The standard InChI is InChI=1S/C13H8N2O2S/c14-9-11(8-13-2-1-7-18-13)10-3-5-12(6-4-10)15(16)17/h1-8H/b11-8-. The number of allylic oxidation sites excluding steroid dienone is 1. The Hall–Kier alpha value is -2.45.